The number of methoxy groups -OCH3 is 2. The first-order valence-electron chi connectivity index (χ1n) is 10.5. The van der Waals surface area contributed by atoms with Gasteiger partial charge in [0.1, 0.15) is 17.3 Å². The van der Waals surface area contributed by atoms with Crippen molar-refractivity contribution in [1.82, 2.24) is 9.88 Å². The second kappa shape index (κ2) is 9.57. The van der Waals surface area contributed by atoms with Crippen LogP contribution in [0.25, 0.3) is 5.76 Å². The molecule has 1 unspecified atom stereocenters. The van der Waals surface area contributed by atoms with E-state index in [4.69, 9.17) is 21.1 Å². The summed E-state index contributed by atoms with van der Waals surface area (Å²) in [6.07, 6.45) is 3.24. The predicted molar refractivity (Wildman–Crippen MR) is 128 cm³/mol. The van der Waals surface area contributed by atoms with Crippen LogP contribution in [0.1, 0.15) is 28.3 Å². The second-order valence-corrected chi connectivity index (χ2v) is 8.29. The maximum Gasteiger partial charge on any atom is 0.295 e. The smallest absolute Gasteiger partial charge is 0.295 e. The van der Waals surface area contributed by atoms with Crippen LogP contribution in [0.15, 0.2) is 66.5 Å². The molecule has 0 spiro atoms. The number of benzene rings is 2. The molecule has 0 saturated carbocycles. The average Bonchev–Trinajstić information content (AvgIpc) is 3.08. The highest BCUT2D eigenvalue weighted by atomic mass is 35.5. The molecule has 1 amide bonds. The number of aryl methyl sites for hydroxylation is 1. The minimum absolute atomic E-state index is 0.0378. The fraction of sp³-hybridized carbons (Fsp3) is 0.192. The fourth-order valence-electron chi connectivity index (χ4n) is 4.12. The first kappa shape index (κ1) is 23.3. The highest BCUT2D eigenvalue weighted by Gasteiger charge is 2.46. The molecule has 1 N–H and O–H groups in total. The molecule has 0 bridgehead atoms. The molecule has 2 heterocycles. The van der Waals surface area contributed by atoms with Gasteiger partial charge in [-0.25, -0.2) is 0 Å². The van der Waals surface area contributed by atoms with Crippen LogP contribution in [-0.2, 0) is 16.1 Å². The van der Waals surface area contributed by atoms with E-state index in [1.54, 1.807) is 68.0 Å². The van der Waals surface area contributed by atoms with E-state index in [1.807, 2.05) is 6.92 Å². The van der Waals surface area contributed by atoms with Crippen LogP contribution in [0.2, 0.25) is 5.02 Å². The summed E-state index contributed by atoms with van der Waals surface area (Å²) < 4.78 is 10.7. The minimum atomic E-state index is -0.830. The molecule has 174 valence electrons. The Bertz CT molecular complexity index is 1270. The number of carbonyl (C=O) groups is 2. The standard InChI is InChI=1S/C26H23ClN2O5/c1-15-12-19(25(34-3)20(27)13-15)23(30)21-22(17-4-6-18(33-2)7-5-17)29(26(32)24(21)31)14-16-8-10-28-11-9-16/h4-13,22,30H,14H2,1-3H3/b23-21+. The quantitative estimate of drug-likeness (QED) is 0.314. The van der Waals surface area contributed by atoms with Crippen LogP contribution in [0.3, 0.4) is 0 Å². The number of carbonyl (C=O) groups excluding carboxylic acids is 2. The number of aliphatic hydroxyl groups is 1. The van der Waals surface area contributed by atoms with Gasteiger partial charge in [0.25, 0.3) is 11.7 Å². The van der Waals surface area contributed by atoms with E-state index < -0.39 is 17.7 Å². The van der Waals surface area contributed by atoms with Gasteiger partial charge in [-0.1, -0.05) is 23.7 Å². The number of amides is 1. The third kappa shape index (κ3) is 4.22. The SMILES string of the molecule is COc1ccc(C2/C(=C(\O)c3cc(C)cc(Cl)c3OC)C(=O)C(=O)N2Cc2ccncc2)cc1. The number of aliphatic hydroxyl groups excluding tert-OH is 1. The third-order valence-electron chi connectivity index (χ3n) is 5.72. The molecule has 1 atom stereocenters. The van der Waals surface area contributed by atoms with Crippen molar-refractivity contribution in [2.24, 2.45) is 0 Å². The number of hydrogen-bond acceptors (Lipinski definition) is 6. The molecular weight excluding hydrogens is 456 g/mol. The molecule has 1 fully saturated rings. The molecular formula is C26H23ClN2O5. The summed E-state index contributed by atoms with van der Waals surface area (Å²) in [6.45, 7) is 1.97. The van der Waals surface area contributed by atoms with Crippen molar-refractivity contribution >= 4 is 29.1 Å². The van der Waals surface area contributed by atoms with E-state index in [0.29, 0.717) is 11.3 Å². The maximum absolute atomic E-state index is 13.3. The van der Waals surface area contributed by atoms with Crippen LogP contribution in [0.4, 0.5) is 0 Å². The van der Waals surface area contributed by atoms with Crippen molar-refractivity contribution in [3.8, 4) is 11.5 Å². The van der Waals surface area contributed by atoms with E-state index in [9.17, 15) is 14.7 Å². The Morgan fingerprint density at radius 2 is 1.74 bits per heavy atom. The number of nitrogens with zero attached hydrogens (tertiary/aromatic N) is 2. The first-order chi connectivity index (χ1) is 16.3. The van der Waals surface area contributed by atoms with E-state index >= 15 is 0 Å². The molecule has 3 aromatic rings. The van der Waals surface area contributed by atoms with Crippen molar-refractivity contribution in [2.75, 3.05) is 14.2 Å². The Labute approximate surface area is 202 Å². The third-order valence-corrected chi connectivity index (χ3v) is 6.00. The number of rotatable bonds is 6. The van der Waals surface area contributed by atoms with Crippen molar-refractivity contribution in [3.05, 3.63) is 93.8 Å². The molecule has 0 radical (unpaired) electrons. The first-order valence-corrected chi connectivity index (χ1v) is 10.9. The predicted octanol–water partition coefficient (Wildman–Crippen LogP) is 4.68. The molecule has 34 heavy (non-hydrogen) atoms. The van der Waals surface area contributed by atoms with Gasteiger partial charge in [0.2, 0.25) is 0 Å². The molecule has 1 aliphatic rings. The Hall–Kier alpha value is -3.84. The molecule has 1 aliphatic heterocycles. The lowest BCUT2D eigenvalue weighted by atomic mass is 9.94. The van der Waals surface area contributed by atoms with Crippen LogP contribution in [0, 0.1) is 6.92 Å². The number of pyridine rings is 1. The summed E-state index contributed by atoms with van der Waals surface area (Å²) >= 11 is 6.33. The molecule has 0 aliphatic carbocycles. The minimum Gasteiger partial charge on any atom is -0.507 e. The van der Waals surface area contributed by atoms with Crippen LogP contribution in [-0.4, -0.2) is 40.9 Å². The van der Waals surface area contributed by atoms with Gasteiger partial charge in [0.05, 0.1) is 36.4 Å². The van der Waals surface area contributed by atoms with Gasteiger partial charge < -0.3 is 19.5 Å². The summed E-state index contributed by atoms with van der Waals surface area (Å²) in [6, 6.07) is 13.1. The summed E-state index contributed by atoms with van der Waals surface area (Å²) in [7, 11) is 2.98. The Morgan fingerprint density at radius 1 is 1.06 bits per heavy atom. The highest BCUT2D eigenvalue weighted by molar-refractivity contribution is 6.46. The topological polar surface area (TPSA) is 89.0 Å². The maximum atomic E-state index is 13.3. The zero-order valence-electron chi connectivity index (χ0n) is 18.9. The van der Waals surface area contributed by atoms with Crippen molar-refractivity contribution in [2.45, 2.75) is 19.5 Å². The van der Waals surface area contributed by atoms with Crippen molar-refractivity contribution in [3.63, 3.8) is 0 Å². The number of likely N-dealkylation sites (tertiary alicyclic amines) is 1. The van der Waals surface area contributed by atoms with E-state index in [-0.39, 0.29) is 34.2 Å². The molecule has 1 saturated heterocycles. The van der Waals surface area contributed by atoms with Gasteiger partial charge in [-0.15, -0.1) is 0 Å². The van der Waals surface area contributed by atoms with Crippen molar-refractivity contribution < 1.29 is 24.2 Å². The molecule has 8 heteroatoms. The van der Waals surface area contributed by atoms with Gasteiger partial charge in [0.15, 0.2) is 0 Å². The number of halogens is 1. The summed E-state index contributed by atoms with van der Waals surface area (Å²) in [5.74, 6) is -0.997. The van der Waals surface area contributed by atoms with Gasteiger partial charge >= 0.3 is 0 Å². The number of Topliss-reactive ketones (excluding diaryl/α,β-unsaturated/α-hetero) is 1. The van der Waals surface area contributed by atoms with E-state index in [1.165, 1.54) is 12.0 Å². The summed E-state index contributed by atoms with van der Waals surface area (Å²) in [5, 5.41) is 11.7. The van der Waals surface area contributed by atoms with Gasteiger partial charge in [0, 0.05) is 18.9 Å². The fourth-order valence-corrected chi connectivity index (χ4v) is 4.47. The van der Waals surface area contributed by atoms with Crippen LogP contribution >= 0.6 is 11.6 Å². The lowest BCUT2D eigenvalue weighted by Crippen LogP contribution is -2.29. The number of ether oxygens (including phenoxy) is 2. The molecule has 4 rings (SSSR count). The zero-order valence-corrected chi connectivity index (χ0v) is 19.7. The Kier molecular flexibility index (Phi) is 6.56. The van der Waals surface area contributed by atoms with Gasteiger partial charge in [-0.2, -0.15) is 0 Å². The monoisotopic (exact) mass is 478 g/mol. The van der Waals surface area contributed by atoms with Crippen molar-refractivity contribution in [1.29, 1.82) is 0 Å². The second-order valence-electron chi connectivity index (χ2n) is 7.88. The van der Waals surface area contributed by atoms with Gasteiger partial charge in [-0.3, -0.25) is 14.6 Å². The average molecular weight is 479 g/mol. The lowest BCUT2D eigenvalue weighted by molar-refractivity contribution is -0.140. The number of aromatic nitrogens is 1. The molecule has 2 aromatic carbocycles. The number of hydrogen-bond donors (Lipinski definition) is 1. The lowest BCUT2D eigenvalue weighted by Gasteiger charge is -2.25. The molecule has 1 aromatic heterocycles. The van der Waals surface area contributed by atoms with E-state index in [2.05, 4.69) is 4.98 Å². The zero-order chi connectivity index (χ0) is 24.4. The number of ketones is 1. The Morgan fingerprint density at radius 3 is 2.35 bits per heavy atom. The normalized spacial score (nSPS) is 17.2. The summed E-state index contributed by atoms with van der Waals surface area (Å²) in [5.41, 5.74) is 2.41. The van der Waals surface area contributed by atoms with Gasteiger partial charge in [-0.05, 0) is 60.0 Å². The van der Waals surface area contributed by atoms with Crippen LogP contribution in [0.5, 0.6) is 11.5 Å². The Balaban J connectivity index is 1.92. The summed E-state index contributed by atoms with van der Waals surface area (Å²) in [4.78, 5) is 31.9. The van der Waals surface area contributed by atoms with Crippen LogP contribution < -0.4 is 9.47 Å². The van der Waals surface area contributed by atoms with E-state index in [0.717, 1.165) is 11.1 Å². The highest BCUT2D eigenvalue weighted by Crippen LogP contribution is 2.43. The largest absolute Gasteiger partial charge is 0.507 e. The molecule has 7 nitrogen and oxygen atoms in total.